The van der Waals surface area contributed by atoms with Crippen molar-refractivity contribution >= 4 is 16.8 Å². The molecule has 1 saturated heterocycles. The zero-order valence-corrected chi connectivity index (χ0v) is 13.6. The van der Waals surface area contributed by atoms with E-state index in [1.165, 1.54) is 6.42 Å². The zero-order valence-electron chi connectivity index (χ0n) is 13.6. The van der Waals surface area contributed by atoms with Crippen LogP contribution in [0.3, 0.4) is 0 Å². The fourth-order valence-electron chi connectivity index (χ4n) is 3.60. The molecule has 1 aromatic carbocycles. The fourth-order valence-corrected chi connectivity index (χ4v) is 3.60. The monoisotopic (exact) mass is 300 g/mol. The molecule has 0 aliphatic carbocycles. The quantitative estimate of drug-likeness (QED) is 0.934. The van der Waals surface area contributed by atoms with Crippen LogP contribution in [-0.2, 0) is 0 Å². The second-order valence-corrected chi connectivity index (χ2v) is 6.06. The number of hydrogen-bond acceptors (Lipinski definition) is 2. The molecular weight excluding hydrogens is 276 g/mol. The summed E-state index contributed by atoms with van der Waals surface area (Å²) in [5.74, 6) is 0.939. The first-order valence-corrected chi connectivity index (χ1v) is 8.13. The Kier molecular flexibility index (Phi) is 4.10. The number of piperidine rings is 1. The number of carbonyl (C=O) groups is 1. The van der Waals surface area contributed by atoms with Gasteiger partial charge >= 0.3 is 0 Å². The molecule has 2 aromatic rings. The lowest BCUT2D eigenvalue weighted by Gasteiger charge is -2.35. The van der Waals surface area contributed by atoms with E-state index in [4.69, 9.17) is 4.74 Å². The first-order valence-electron chi connectivity index (χ1n) is 8.13. The first kappa shape index (κ1) is 14.9. The van der Waals surface area contributed by atoms with Gasteiger partial charge in [0.15, 0.2) is 0 Å². The van der Waals surface area contributed by atoms with E-state index in [-0.39, 0.29) is 5.91 Å². The number of amides is 1. The summed E-state index contributed by atoms with van der Waals surface area (Å²) in [5.41, 5.74) is 2.63. The second kappa shape index (κ2) is 6.03. The molecule has 1 aliphatic rings. The Hall–Kier alpha value is -1.97. The number of para-hydroxylation sites is 1. The van der Waals surface area contributed by atoms with Gasteiger partial charge in [0.1, 0.15) is 5.75 Å². The van der Waals surface area contributed by atoms with E-state index in [2.05, 4.69) is 16.8 Å². The molecule has 0 bridgehead atoms. The number of carbonyl (C=O) groups excluding carboxylic acids is 1. The molecule has 4 heteroatoms. The van der Waals surface area contributed by atoms with Gasteiger partial charge in [0.05, 0.1) is 18.2 Å². The van der Waals surface area contributed by atoms with E-state index in [0.717, 1.165) is 53.7 Å². The van der Waals surface area contributed by atoms with Gasteiger partial charge in [0.2, 0.25) is 0 Å². The molecule has 4 nitrogen and oxygen atoms in total. The van der Waals surface area contributed by atoms with Crippen molar-refractivity contribution in [2.75, 3.05) is 13.7 Å². The van der Waals surface area contributed by atoms with Crippen molar-refractivity contribution in [3.05, 3.63) is 29.5 Å². The number of aromatic amines is 1. The lowest BCUT2D eigenvalue weighted by molar-refractivity contribution is 0.0609. The van der Waals surface area contributed by atoms with Gasteiger partial charge in [-0.15, -0.1) is 0 Å². The van der Waals surface area contributed by atoms with Crippen LogP contribution >= 0.6 is 0 Å². The minimum atomic E-state index is 0.156. The second-order valence-electron chi connectivity index (χ2n) is 6.06. The van der Waals surface area contributed by atoms with Crippen LogP contribution in [0.5, 0.6) is 5.75 Å². The van der Waals surface area contributed by atoms with Crippen molar-refractivity contribution in [2.24, 2.45) is 0 Å². The standard InChI is InChI=1S/C18H24N2O2/c1-4-13-8-5-6-11-20(13)18(21)16-12(2)19-17-14(16)9-7-10-15(17)22-3/h7,9-10,13,19H,4-6,8,11H2,1-3H3. The zero-order chi connectivity index (χ0) is 15.7. The van der Waals surface area contributed by atoms with Gasteiger partial charge in [-0.2, -0.15) is 0 Å². The predicted octanol–water partition coefficient (Wildman–Crippen LogP) is 3.89. The maximum Gasteiger partial charge on any atom is 0.256 e. The van der Waals surface area contributed by atoms with Gasteiger partial charge in [0.25, 0.3) is 5.91 Å². The minimum Gasteiger partial charge on any atom is -0.495 e. The van der Waals surface area contributed by atoms with Crippen molar-refractivity contribution in [3.8, 4) is 5.75 Å². The van der Waals surface area contributed by atoms with Crippen LogP contribution in [0, 0.1) is 6.92 Å². The number of methoxy groups -OCH3 is 1. The molecule has 0 spiro atoms. The van der Waals surface area contributed by atoms with E-state index >= 15 is 0 Å². The van der Waals surface area contributed by atoms with Crippen molar-refractivity contribution < 1.29 is 9.53 Å². The molecule has 0 saturated carbocycles. The van der Waals surface area contributed by atoms with E-state index < -0.39 is 0 Å². The molecule has 1 aliphatic heterocycles. The van der Waals surface area contributed by atoms with Crippen LogP contribution in [0.2, 0.25) is 0 Å². The molecule has 118 valence electrons. The van der Waals surface area contributed by atoms with Gasteiger partial charge in [-0.05, 0) is 38.7 Å². The molecule has 1 unspecified atom stereocenters. The lowest BCUT2D eigenvalue weighted by atomic mass is 9.98. The summed E-state index contributed by atoms with van der Waals surface area (Å²) >= 11 is 0. The van der Waals surface area contributed by atoms with E-state index in [9.17, 15) is 4.79 Å². The molecule has 22 heavy (non-hydrogen) atoms. The first-order chi connectivity index (χ1) is 10.7. The number of nitrogens with one attached hydrogen (secondary N) is 1. The SMILES string of the molecule is CCC1CCCCN1C(=O)c1c(C)[nH]c2c(OC)cccc12. The highest BCUT2D eigenvalue weighted by Gasteiger charge is 2.29. The summed E-state index contributed by atoms with van der Waals surface area (Å²) in [6.45, 7) is 5.01. The van der Waals surface area contributed by atoms with Crippen molar-refractivity contribution in [1.29, 1.82) is 0 Å². The Balaban J connectivity index is 2.05. The van der Waals surface area contributed by atoms with Gasteiger partial charge in [-0.3, -0.25) is 4.79 Å². The normalized spacial score (nSPS) is 18.7. The summed E-state index contributed by atoms with van der Waals surface area (Å²) in [4.78, 5) is 18.5. The number of ether oxygens (including phenoxy) is 1. The van der Waals surface area contributed by atoms with Crippen LogP contribution < -0.4 is 4.74 Å². The smallest absolute Gasteiger partial charge is 0.256 e. The van der Waals surface area contributed by atoms with Crippen LogP contribution in [0.4, 0.5) is 0 Å². The third kappa shape index (κ3) is 2.36. The Morgan fingerprint density at radius 1 is 1.41 bits per heavy atom. The molecule has 1 N–H and O–H groups in total. The number of rotatable bonds is 3. The van der Waals surface area contributed by atoms with Crippen LogP contribution in [-0.4, -0.2) is 35.5 Å². The Labute approximate surface area is 131 Å². The largest absolute Gasteiger partial charge is 0.495 e. The Morgan fingerprint density at radius 2 is 2.23 bits per heavy atom. The molecule has 1 atom stereocenters. The van der Waals surface area contributed by atoms with Crippen LogP contribution in [0.25, 0.3) is 10.9 Å². The number of nitrogens with zero attached hydrogens (tertiary/aromatic N) is 1. The Morgan fingerprint density at radius 3 is 2.95 bits per heavy atom. The van der Waals surface area contributed by atoms with Gasteiger partial charge in [-0.25, -0.2) is 0 Å². The van der Waals surface area contributed by atoms with Crippen molar-refractivity contribution in [1.82, 2.24) is 9.88 Å². The van der Waals surface area contributed by atoms with E-state index in [1.807, 2.05) is 25.1 Å². The number of hydrogen-bond donors (Lipinski definition) is 1. The van der Waals surface area contributed by atoms with Crippen LogP contribution in [0.1, 0.15) is 48.7 Å². The predicted molar refractivity (Wildman–Crippen MR) is 88.6 cm³/mol. The highest BCUT2D eigenvalue weighted by atomic mass is 16.5. The third-order valence-electron chi connectivity index (χ3n) is 4.78. The average Bonchev–Trinajstić information content (AvgIpc) is 2.89. The summed E-state index contributed by atoms with van der Waals surface area (Å²) in [5, 5.41) is 0.960. The van der Waals surface area contributed by atoms with Gasteiger partial charge in [0, 0.05) is 23.7 Å². The summed E-state index contributed by atoms with van der Waals surface area (Å²) in [6.07, 6.45) is 4.47. The molecule has 1 fully saturated rings. The summed E-state index contributed by atoms with van der Waals surface area (Å²) < 4.78 is 5.41. The summed E-state index contributed by atoms with van der Waals surface area (Å²) in [7, 11) is 1.66. The van der Waals surface area contributed by atoms with E-state index in [1.54, 1.807) is 7.11 Å². The fraction of sp³-hybridized carbons (Fsp3) is 0.500. The number of aryl methyl sites for hydroxylation is 1. The number of aromatic nitrogens is 1. The highest BCUT2D eigenvalue weighted by Crippen LogP contribution is 2.32. The molecule has 3 rings (SSSR count). The molecule has 1 aromatic heterocycles. The third-order valence-corrected chi connectivity index (χ3v) is 4.78. The van der Waals surface area contributed by atoms with Crippen LogP contribution in [0.15, 0.2) is 18.2 Å². The number of likely N-dealkylation sites (tertiary alicyclic amines) is 1. The van der Waals surface area contributed by atoms with Crippen molar-refractivity contribution in [3.63, 3.8) is 0 Å². The number of fused-ring (bicyclic) bond motifs is 1. The number of H-pyrrole nitrogens is 1. The van der Waals surface area contributed by atoms with Gasteiger partial charge in [-0.1, -0.05) is 19.1 Å². The van der Waals surface area contributed by atoms with Gasteiger partial charge < -0.3 is 14.6 Å². The lowest BCUT2D eigenvalue weighted by Crippen LogP contribution is -2.43. The Bertz CT molecular complexity index is 690. The molecule has 0 radical (unpaired) electrons. The average molecular weight is 300 g/mol. The minimum absolute atomic E-state index is 0.156. The topological polar surface area (TPSA) is 45.3 Å². The maximum atomic E-state index is 13.1. The number of benzene rings is 1. The molecule has 1 amide bonds. The highest BCUT2D eigenvalue weighted by molar-refractivity contribution is 6.09. The maximum absolute atomic E-state index is 13.1. The van der Waals surface area contributed by atoms with E-state index in [0.29, 0.717) is 6.04 Å². The molecule has 2 heterocycles. The summed E-state index contributed by atoms with van der Waals surface area (Å²) in [6, 6.07) is 6.23. The van der Waals surface area contributed by atoms with Crippen molar-refractivity contribution in [2.45, 2.75) is 45.6 Å². The molecular formula is C18H24N2O2.